The van der Waals surface area contributed by atoms with Crippen molar-refractivity contribution in [3.05, 3.63) is 53.3 Å². The van der Waals surface area contributed by atoms with Gasteiger partial charge in [-0.2, -0.15) is 0 Å². The zero-order valence-electron chi connectivity index (χ0n) is 12.1. The van der Waals surface area contributed by atoms with E-state index in [0.29, 0.717) is 5.02 Å². The summed E-state index contributed by atoms with van der Waals surface area (Å²) < 4.78 is 1.92. The van der Waals surface area contributed by atoms with Gasteiger partial charge in [-0.25, -0.2) is 4.98 Å². The molecule has 0 fully saturated rings. The van der Waals surface area contributed by atoms with Gasteiger partial charge in [0.25, 0.3) is 0 Å². The highest BCUT2D eigenvalue weighted by Crippen LogP contribution is 2.32. The highest BCUT2D eigenvalue weighted by molar-refractivity contribution is 6.30. The molecule has 0 atom stereocenters. The van der Waals surface area contributed by atoms with E-state index in [4.69, 9.17) is 11.6 Å². The van der Waals surface area contributed by atoms with Crippen LogP contribution in [0.15, 0.2) is 42.7 Å². The molecule has 1 aliphatic heterocycles. The van der Waals surface area contributed by atoms with Gasteiger partial charge >= 0.3 is 0 Å². The van der Waals surface area contributed by atoms with Gasteiger partial charge in [-0.3, -0.25) is 4.79 Å². The first-order valence-corrected chi connectivity index (χ1v) is 7.55. The molecular weight excluding hydrogens is 298 g/mol. The van der Waals surface area contributed by atoms with Gasteiger partial charge in [-0.1, -0.05) is 17.7 Å². The Labute approximate surface area is 133 Å². The third-order valence-electron chi connectivity index (χ3n) is 4.07. The van der Waals surface area contributed by atoms with Gasteiger partial charge in [-0.05, 0) is 36.2 Å². The van der Waals surface area contributed by atoms with Crippen molar-refractivity contribution in [3.63, 3.8) is 0 Å². The summed E-state index contributed by atoms with van der Waals surface area (Å²) in [6.07, 6.45) is 4.71. The molecule has 3 aromatic rings. The number of nitrogens with zero attached hydrogens (tertiary/aromatic N) is 3. The molecule has 0 spiro atoms. The monoisotopic (exact) mass is 311 g/mol. The molecule has 0 saturated carbocycles. The van der Waals surface area contributed by atoms with Crippen molar-refractivity contribution >= 4 is 28.8 Å². The standard InChI is InChI=1S/C17H14ClN3O/c1-11(22)21-7-6-13-8-12(2-4-16(13)21)15-10-20-9-14(18)3-5-17(20)19-15/h2-5,8-10H,6-7H2,1H3. The fourth-order valence-corrected chi connectivity index (χ4v) is 3.16. The molecule has 110 valence electrons. The van der Waals surface area contributed by atoms with Crippen LogP contribution in [0.3, 0.4) is 0 Å². The number of benzene rings is 1. The van der Waals surface area contributed by atoms with Crippen molar-refractivity contribution in [2.75, 3.05) is 11.4 Å². The lowest BCUT2D eigenvalue weighted by molar-refractivity contribution is -0.116. The normalized spacial score (nSPS) is 13.6. The minimum atomic E-state index is 0.0915. The Morgan fingerprint density at radius 2 is 2.09 bits per heavy atom. The lowest BCUT2D eigenvalue weighted by atomic mass is 10.1. The molecule has 4 rings (SSSR count). The van der Waals surface area contributed by atoms with Crippen LogP contribution in [-0.2, 0) is 11.2 Å². The summed E-state index contributed by atoms with van der Waals surface area (Å²) in [5.41, 5.74) is 5.05. The van der Waals surface area contributed by atoms with Gasteiger partial charge in [-0.15, -0.1) is 0 Å². The summed E-state index contributed by atoms with van der Waals surface area (Å²) in [4.78, 5) is 18.1. The second-order valence-electron chi connectivity index (χ2n) is 5.50. The van der Waals surface area contributed by atoms with Crippen molar-refractivity contribution in [3.8, 4) is 11.3 Å². The van der Waals surface area contributed by atoms with Crippen LogP contribution in [0.1, 0.15) is 12.5 Å². The van der Waals surface area contributed by atoms with Crippen LogP contribution < -0.4 is 4.90 Å². The number of amides is 1. The van der Waals surface area contributed by atoms with Gasteiger partial charge in [0.2, 0.25) is 5.91 Å². The molecule has 1 amide bonds. The lowest BCUT2D eigenvalue weighted by Crippen LogP contribution is -2.25. The molecule has 0 aliphatic carbocycles. The van der Waals surface area contributed by atoms with Crippen LogP contribution in [0.4, 0.5) is 5.69 Å². The highest BCUT2D eigenvalue weighted by atomic mass is 35.5. The van der Waals surface area contributed by atoms with Crippen molar-refractivity contribution in [1.29, 1.82) is 0 Å². The molecule has 0 saturated heterocycles. The second kappa shape index (κ2) is 4.85. The van der Waals surface area contributed by atoms with Crippen LogP contribution in [0.2, 0.25) is 5.02 Å². The summed E-state index contributed by atoms with van der Waals surface area (Å²) in [7, 11) is 0. The second-order valence-corrected chi connectivity index (χ2v) is 5.94. The first kappa shape index (κ1) is 13.3. The third kappa shape index (κ3) is 2.07. The van der Waals surface area contributed by atoms with Crippen LogP contribution in [0, 0.1) is 0 Å². The van der Waals surface area contributed by atoms with Gasteiger partial charge in [0, 0.05) is 37.1 Å². The van der Waals surface area contributed by atoms with E-state index in [1.807, 2.05) is 46.0 Å². The van der Waals surface area contributed by atoms with E-state index in [-0.39, 0.29) is 5.91 Å². The first-order valence-electron chi connectivity index (χ1n) is 7.17. The molecule has 0 N–H and O–H groups in total. The average Bonchev–Trinajstić information content (AvgIpc) is 3.09. The number of rotatable bonds is 1. The van der Waals surface area contributed by atoms with Gasteiger partial charge in [0.1, 0.15) is 5.65 Å². The molecule has 1 aromatic carbocycles. The maximum absolute atomic E-state index is 11.6. The number of fused-ring (bicyclic) bond motifs is 2. The molecule has 1 aliphatic rings. The van der Waals surface area contributed by atoms with Crippen molar-refractivity contribution < 1.29 is 4.79 Å². The summed E-state index contributed by atoms with van der Waals surface area (Å²) in [5.74, 6) is 0.0915. The van der Waals surface area contributed by atoms with Crippen molar-refractivity contribution in [2.24, 2.45) is 0 Å². The van der Waals surface area contributed by atoms with Gasteiger partial charge in [0.05, 0.1) is 10.7 Å². The van der Waals surface area contributed by atoms with E-state index in [1.54, 1.807) is 6.92 Å². The Morgan fingerprint density at radius 1 is 1.23 bits per heavy atom. The van der Waals surface area contributed by atoms with Crippen molar-refractivity contribution in [2.45, 2.75) is 13.3 Å². The molecule has 4 nitrogen and oxygen atoms in total. The molecule has 2 aromatic heterocycles. The van der Waals surface area contributed by atoms with E-state index >= 15 is 0 Å². The van der Waals surface area contributed by atoms with E-state index < -0.39 is 0 Å². The molecule has 0 unspecified atom stereocenters. The maximum Gasteiger partial charge on any atom is 0.223 e. The lowest BCUT2D eigenvalue weighted by Gasteiger charge is -2.14. The number of pyridine rings is 1. The largest absolute Gasteiger partial charge is 0.312 e. The highest BCUT2D eigenvalue weighted by Gasteiger charge is 2.22. The van der Waals surface area contributed by atoms with Crippen LogP contribution in [-0.4, -0.2) is 21.8 Å². The summed E-state index contributed by atoms with van der Waals surface area (Å²) in [6, 6.07) is 9.89. The Bertz CT molecular complexity index is 900. The molecule has 3 heterocycles. The number of carbonyl (C=O) groups is 1. The van der Waals surface area contributed by atoms with Crippen LogP contribution >= 0.6 is 11.6 Å². The quantitative estimate of drug-likeness (QED) is 0.689. The Kier molecular flexibility index (Phi) is 2.94. The van der Waals surface area contributed by atoms with E-state index in [0.717, 1.165) is 35.6 Å². The van der Waals surface area contributed by atoms with E-state index in [9.17, 15) is 4.79 Å². The molecule has 5 heteroatoms. The number of halogens is 1. The minimum absolute atomic E-state index is 0.0915. The Balaban J connectivity index is 1.78. The Hall–Kier alpha value is -2.33. The van der Waals surface area contributed by atoms with Crippen LogP contribution in [0.25, 0.3) is 16.9 Å². The number of carbonyl (C=O) groups excluding carboxylic acids is 1. The zero-order valence-corrected chi connectivity index (χ0v) is 12.8. The summed E-state index contributed by atoms with van der Waals surface area (Å²) in [6.45, 7) is 2.36. The summed E-state index contributed by atoms with van der Waals surface area (Å²) in [5, 5.41) is 0.683. The summed E-state index contributed by atoms with van der Waals surface area (Å²) >= 11 is 6.01. The number of aromatic nitrogens is 2. The number of hydrogen-bond donors (Lipinski definition) is 0. The number of imidazole rings is 1. The predicted molar refractivity (Wildman–Crippen MR) is 87.4 cm³/mol. The molecule has 0 radical (unpaired) electrons. The Morgan fingerprint density at radius 3 is 2.91 bits per heavy atom. The minimum Gasteiger partial charge on any atom is -0.312 e. The first-order chi connectivity index (χ1) is 10.6. The maximum atomic E-state index is 11.6. The third-order valence-corrected chi connectivity index (χ3v) is 4.29. The van der Waals surface area contributed by atoms with E-state index in [1.165, 1.54) is 5.56 Å². The SMILES string of the molecule is CC(=O)N1CCc2cc(-c3cn4cc(Cl)ccc4n3)ccc21. The van der Waals surface area contributed by atoms with Gasteiger partial charge < -0.3 is 9.30 Å². The van der Waals surface area contributed by atoms with Crippen molar-refractivity contribution in [1.82, 2.24) is 9.38 Å². The molecular formula is C17H14ClN3O. The number of hydrogen-bond acceptors (Lipinski definition) is 2. The zero-order chi connectivity index (χ0) is 15.3. The fraction of sp³-hybridized carbons (Fsp3) is 0.176. The number of anilines is 1. The predicted octanol–water partition coefficient (Wildman–Crippen LogP) is 3.56. The van der Waals surface area contributed by atoms with E-state index in [2.05, 4.69) is 11.1 Å². The van der Waals surface area contributed by atoms with Gasteiger partial charge in [0.15, 0.2) is 0 Å². The molecule has 22 heavy (non-hydrogen) atoms. The fourth-order valence-electron chi connectivity index (χ4n) is 2.99. The topological polar surface area (TPSA) is 37.6 Å². The van der Waals surface area contributed by atoms with Crippen LogP contribution in [0.5, 0.6) is 0 Å². The average molecular weight is 312 g/mol. The molecule has 0 bridgehead atoms. The smallest absolute Gasteiger partial charge is 0.223 e.